The second-order valence-corrected chi connectivity index (χ2v) is 5.01. The maximum absolute atomic E-state index is 13.8. The molecule has 0 saturated carbocycles. The van der Waals surface area contributed by atoms with E-state index in [1.54, 1.807) is 19.1 Å². The van der Waals surface area contributed by atoms with Crippen molar-refractivity contribution < 1.29 is 23.5 Å². The Hall–Kier alpha value is -2.67. The summed E-state index contributed by atoms with van der Waals surface area (Å²) in [6.07, 6.45) is 1.80. The van der Waals surface area contributed by atoms with Gasteiger partial charge in [-0.1, -0.05) is 0 Å². The Kier molecular flexibility index (Phi) is 5.48. The van der Waals surface area contributed by atoms with Gasteiger partial charge in [0.1, 0.15) is 11.6 Å². The molecule has 0 unspecified atom stereocenters. The van der Waals surface area contributed by atoms with Crippen LogP contribution >= 0.6 is 0 Å². The minimum Gasteiger partial charge on any atom is -0.464 e. The van der Waals surface area contributed by atoms with Crippen molar-refractivity contribution >= 4 is 17.5 Å². The van der Waals surface area contributed by atoms with Crippen molar-refractivity contribution in [1.82, 2.24) is 5.32 Å². The molecule has 6 nitrogen and oxygen atoms in total. The highest BCUT2D eigenvalue weighted by molar-refractivity contribution is 6.39. The van der Waals surface area contributed by atoms with Gasteiger partial charge in [0.15, 0.2) is 0 Å². The molecule has 0 fully saturated rings. The van der Waals surface area contributed by atoms with Gasteiger partial charge in [0.25, 0.3) is 0 Å². The number of hydrogen-bond acceptors (Lipinski definition) is 4. The number of hydrogen-bond donors (Lipinski definition) is 3. The zero-order chi connectivity index (χ0) is 16.8. The third-order valence-electron chi connectivity index (χ3n) is 3.17. The largest absolute Gasteiger partial charge is 0.464 e. The number of furan rings is 1. The fourth-order valence-corrected chi connectivity index (χ4v) is 1.95. The first-order valence-electron chi connectivity index (χ1n) is 7.07. The molecular formula is C16H17FN2O4. The van der Waals surface area contributed by atoms with Crippen LogP contribution in [0.25, 0.3) is 11.3 Å². The number of halogens is 1. The van der Waals surface area contributed by atoms with Crippen LogP contribution in [0, 0.1) is 5.82 Å². The summed E-state index contributed by atoms with van der Waals surface area (Å²) in [5.41, 5.74) is 0.453. The minimum absolute atomic E-state index is 0.108. The monoisotopic (exact) mass is 320 g/mol. The average Bonchev–Trinajstić information content (AvgIpc) is 3.03. The van der Waals surface area contributed by atoms with E-state index in [1.165, 1.54) is 24.5 Å². The molecule has 0 aliphatic carbocycles. The molecular weight excluding hydrogens is 303 g/mol. The third-order valence-corrected chi connectivity index (χ3v) is 3.17. The molecule has 3 N–H and O–H groups in total. The van der Waals surface area contributed by atoms with Crippen LogP contribution in [0.4, 0.5) is 10.1 Å². The molecule has 1 atom stereocenters. The number of carbonyl (C=O) groups excluding carboxylic acids is 2. The first kappa shape index (κ1) is 16.7. The number of amides is 2. The molecule has 2 aromatic rings. The second kappa shape index (κ2) is 7.55. The van der Waals surface area contributed by atoms with Crippen molar-refractivity contribution in [3.8, 4) is 11.3 Å². The van der Waals surface area contributed by atoms with Crippen molar-refractivity contribution in [2.45, 2.75) is 19.4 Å². The number of carbonyl (C=O) groups is 2. The zero-order valence-electron chi connectivity index (χ0n) is 12.5. The van der Waals surface area contributed by atoms with Crippen LogP contribution in [0.3, 0.4) is 0 Å². The van der Waals surface area contributed by atoms with Crippen LogP contribution < -0.4 is 10.6 Å². The first-order chi connectivity index (χ1) is 11.0. The predicted octanol–water partition coefficient (Wildman–Crippen LogP) is 1.91. The van der Waals surface area contributed by atoms with E-state index in [2.05, 4.69) is 10.6 Å². The summed E-state index contributed by atoms with van der Waals surface area (Å²) in [5, 5.41) is 13.4. The van der Waals surface area contributed by atoms with Gasteiger partial charge >= 0.3 is 11.8 Å². The maximum atomic E-state index is 13.8. The Balaban J connectivity index is 2.08. The third kappa shape index (κ3) is 4.40. The summed E-state index contributed by atoms with van der Waals surface area (Å²) < 4.78 is 19.0. The summed E-state index contributed by atoms with van der Waals surface area (Å²) in [7, 11) is 0. The standard InChI is InChI=1S/C16H17FN2O4/c1-10(6-7-20)18-15(21)16(22)19-13-9-11(4-5-12(13)17)14-3-2-8-23-14/h2-5,8-10,20H,6-7H2,1H3,(H,18,21)(H,19,22)/t10-/m1/s1. The number of anilines is 1. The molecule has 2 amide bonds. The highest BCUT2D eigenvalue weighted by atomic mass is 19.1. The molecule has 0 aliphatic rings. The van der Waals surface area contributed by atoms with E-state index >= 15 is 0 Å². The summed E-state index contributed by atoms with van der Waals surface area (Å²) >= 11 is 0. The van der Waals surface area contributed by atoms with Gasteiger partial charge in [0, 0.05) is 18.2 Å². The van der Waals surface area contributed by atoms with Crippen LogP contribution in [-0.2, 0) is 9.59 Å². The minimum atomic E-state index is -0.981. The average molecular weight is 320 g/mol. The molecule has 2 rings (SSSR count). The van der Waals surface area contributed by atoms with Gasteiger partial charge in [0.05, 0.1) is 12.0 Å². The van der Waals surface area contributed by atoms with E-state index in [9.17, 15) is 14.0 Å². The van der Waals surface area contributed by atoms with Crippen molar-refractivity contribution in [2.24, 2.45) is 0 Å². The fourth-order valence-electron chi connectivity index (χ4n) is 1.95. The Morgan fingerprint density at radius 2 is 2.09 bits per heavy atom. The van der Waals surface area contributed by atoms with Crippen molar-refractivity contribution in [3.63, 3.8) is 0 Å². The predicted molar refractivity (Wildman–Crippen MR) is 82.0 cm³/mol. The number of benzene rings is 1. The Bertz CT molecular complexity index is 685. The van der Waals surface area contributed by atoms with Gasteiger partial charge in [-0.15, -0.1) is 0 Å². The van der Waals surface area contributed by atoms with Crippen LogP contribution in [0.2, 0.25) is 0 Å². The Morgan fingerprint density at radius 1 is 1.30 bits per heavy atom. The van der Waals surface area contributed by atoms with Crippen molar-refractivity contribution in [2.75, 3.05) is 11.9 Å². The Labute approximate surface area is 132 Å². The lowest BCUT2D eigenvalue weighted by Gasteiger charge is -2.12. The molecule has 122 valence electrons. The SMILES string of the molecule is C[C@H](CCO)NC(=O)C(=O)Nc1cc(-c2ccco2)ccc1F. The summed E-state index contributed by atoms with van der Waals surface area (Å²) in [6, 6.07) is 7.09. The fraction of sp³-hybridized carbons (Fsp3) is 0.250. The lowest BCUT2D eigenvalue weighted by molar-refractivity contribution is -0.136. The highest BCUT2D eigenvalue weighted by Crippen LogP contribution is 2.25. The topological polar surface area (TPSA) is 91.6 Å². The van der Waals surface area contributed by atoms with Crippen LogP contribution in [-0.4, -0.2) is 29.6 Å². The van der Waals surface area contributed by atoms with Gasteiger partial charge < -0.3 is 20.2 Å². The van der Waals surface area contributed by atoms with Crippen LogP contribution in [0.1, 0.15) is 13.3 Å². The normalized spacial score (nSPS) is 11.8. The lowest BCUT2D eigenvalue weighted by Crippen LogP contribution is -2.41. The van der Waals surface area contributed by atoms with Crippen LogP contribution in [0.5, 0.6) is 0 Å². The smallest absolute Gasteiger partial charge is 0.313 e. The second-order valence-electron chi connectivity index (χ2n) is 5.01. The molecule has 0 aliphatic heterocycles. The zero-order valence-corrected chi connectivity index (χ0v) is 12.5. The number of aliphatic hydroxyl groups excluding tert-OH is 1. The number of aliphatic hydroxyl groups is 1. The molecule has 1 aromatic heterocycles. The summed E-state index contributed by atoms with van der Waals surface area (Å²) in [5.74, 6) is -2.02. The van der Waals surface area contributed by atoms with Gasteiger partial charge in [-0.3, -0.25) is 9.59 Å². The number of nitrogens with one attached hydrogen (secondary N) is 2. The summed E-state index contributed by atoms with van der Waals surface area (Å²) in [6.45, 7) is 1.54. The molecule has 7 heteroatoms. The van der Waals surface area contributed by atoms with Crippen LogP contribution in [0.15, 0.2) is 41.0 Å². The van der Waals surface area contributed by atoms with Gasteiger partial charge in [-0.2, -0.15) is 0 Å². The van der Waals surface area contributed by atoms with Gasteiger partial charge in [-0.05, 0) is 43.7 Å². The first-order valence-corrected chi connectivity index (χ1v) is 7.07. The Morgan fingerprint density at radius 3 is 2.74 bits per heavy atom. The van der Waals surface area contributed by atoms with E-state index in [4.69, 9.17) is 9.52 Å². The quantitative estimate of drug-likeness (QED) is 0.734. The van der Waals surface area contributed by atoms with Crippen molar-refractivity contribution in [3.05, 3.63) is 42.4 Å². The van der Waals surface area contributed by atoms with E-state index < -0.39 is 17.6 Å². The summed E-state index contributed by atoms with van der Waals surface area (Å²) in [4.78, 5) is 23.5. The molecule has 0 bridgehead atoms. The van der Waals surface area contributed by atoms with E-state index in [-0.39, 0.29) is 18.3 Å². The molecule has 1 heterocycles. The molecule has 23 heavy (non-hydrogen) atoms. The van der Waals surface area contributed by atoms with Gasteiger partial charge in [0.2, 0.25) is 0 Å². The maximum Gasteiger partial charge on any atom is 0.313 e. The van der Waals surface area contributed by atoms with Gasteiger partial charge in [-0.25, -0.2) is 4.39 Å². The lowest BCUT2D eigenvalue weighted by atomic mass is 10.1. The van der Waals surface area contributed by atoms with E-state index in [0.29, 0.717) is 17.7 Å². The highest BCUT2D eigenvalue weighted by Gasteiger charge is 2.18. The van der Waals surface area contributed by atoms with E-state index in [1.807, 2.05) is 0 Å². The molecule has 0 saturated heterocycles. The molecule has 0 radical (unpaired) electrons. The number of rotatable bonds is 5. The molecule has 0 spiro atoms. The van der Waals surface area contributed by atoms with E-state index in [0.717, 1.165) is 0 Å². The molecule has 1 aromatic carbocycles. The van der Waals surface area contributed by atoms with Crippen molar-refractivity contribution in [1.29, 1.82) is 0 Å².